The lowest BCUT2D eigenvalue weighted by Gasteiger charge is -2.18. The minimum Gasteiger partial charge on any atom is -0.467 e. The van der Waals surface area contributed by atoms with Gasteiger partial charge in [0.25, 0.3) is 5.91 Å². The number of esters is 1. The Kier molecular flexibility index (Phi) is 11.8. The molecule has 0 unspecified atom stereocenters. The molecule has 0 radical (unpaired) electrons. The monoisotopic (exact) mass is 672 g/mol. The topological polar surface area (TPSA) is 85.2 Å². The molecule has 4 aromatic carbocycles. The molecule has 0 saturated heterocycles. The van der Waals surface area contributed by atoms with Gasteiger partial charge in [-0.3, -0.25) is 9.36 Å². The van der Waals surface area contributed by atoms with Crippen LogP contribution in [0.15, 0.2) is 115 Å². The van der Waals surface area contributed by atoms with E-state index in [4.69, 9.17) is 9.72 Å². The van der Waals surface area contributed by atoms with E-state index in [0.717, 1.165) is 51.0 Å². The average molecular weight is 673 g/mol. The number of allylic oxidation sites excluding steroid dienone is 1. The fourth-order valence-corrected chi connectivity index (χ4v) is 5.96. The largest absolute Gasteiger partial charge is 0.467 e. The Morgan fingerprint density at radius 1 is 0.898 bits per heavy atom. The number of carbonyl (C=O) groups excluding carboxylic acids is 2. The number of nitrogens with one attached hydrogen (secondary N) is 2. The van der Waals surface area contributed by atoms with Gasteiger partial charge in [-0.05, 0) is 59.7 Å². The minimum absolute atomic E-state index is 0.106. The van der Waals surface area contributed by atoms with Gasteiger partial charge < -0.3 is 15.4 Å². The van der Waals surface area contributed by atoms with E-state index in [1.54, 1.807) is 11.8 Å². The molecule has 0 saturated carbocycles. The molecule has 0 aliphatic heterocycles. The zero-order chi connectivity index (χ0) is 34.8. The molecule has 2 N–H and O–H groups in total. The van der Waals surface area contributed by atoms with Crippen molar-refractivity contribution >= 4 is 35.4 Å². The molecule has 252 valence electrons. The molecule has 7 nitrogen and oxygen atoms in total. The molecular weight excluding hydrogens is 629 g/mol. The maximum Gasteiger partial charge on any atom is 0.328 e. The molecule has 8 heteroatoms. The van der Waals surface area contributed by atoms with Crippen molar-refractivity contribution in [2.75, 3.05) is 24.4 Å². The van der Waals surface area contributed by atoms with Crippen molar-refractivity contribution in [3.63, 3.8) is 0 Å². The Labute approximate surface area is 293 Å². The molecule has 5 rings (SSSR count). The Balaban J connectivity index is 1.55. The number of amides is 1. The number of nitrogens with zero attached hydrogens (tertiary/aromatic N) is 2. The van der Waals surface area contributed by atoms with E-state index in [0.29, 0.717) is 18.5 Å². The summed E-state index contributed by atoms with van der Waals surface area (Å²) in [6.45, 7) is 6.80. The molecule has 0 fully saturated rings. The Bertz CT molecular complexity index is 1880. The highest BCUT2D eigenvalue weighted by atomic mass is 32.2. The predicted octanol–water partition coefficient (Wildman–Crippen LogP) is 8.90. The van der Waals surface area contributed by atoms with Gasteiger partial charge in [0.15, 0.2) is 0 Å². The van der Waals surface area contributed by atoms with Crippen LogP contribution in [0.2, 0.25) is 0 Å². The highest BCUT2D eigenvalue weighted by Crippen LogP contribution is 2.33. The van der Waals surface area contributed by atoms with Gasteiger partial charge in [0.1, 0.15) is 11.9 Å². The van der Waals surface area contributed by atoms with Crippen LogP contribution in [0.3, 0.4) is 0 Å². The minimum atomic E-state index is -0.726. The first-order chi connectivity index (χ1) is 23.7. The van der Waals surface area contributed by atoms with Gasteiger partial charge >= 0.3 is 5.97 Å². The molecule has 0 spiro atoms. The van der Waals surface area contributed by atoms with Crippen molar-refractivity contribution in [1.82, 2.24) is 14.9 Å². The highest BCUT2D eigenvalue weighted by molar-refractivity contribution is 7.98. The summed E-state index contributed by atoms with van der Waals surface area (Å²) < 4.78 is 7.20. The maximum atomic E-state index is 13.6. The first-order valence-corrected chi connectivity index (χ1v) is 17.8. The number of benzene rings is 4. The third kappa shape index (κ3) is 9.09. The fourth-order valence-electron chi connectivity index (χ4n) is 5.49. The molecular formula is C41H44N4O3S. The van der Waals surface area contributed by atoms with Gasteiger partial charge in [-0.25, -0.2) is 9.78 Å². The summed E-state index contributed by atoms with van der Waals surface area (Å²) in [6, 6.07) is 35.7. The molecule has 1 atom stereocenters. The number of imidazole rings is 1. The lowest BCUT2D eigenvalue weighted by atomic mass is 9.94. The van der Waals surface area contributed by atoms with E-state index >= 15 is 0 Å². The number of carbonyl (C=O) groups is 2. The SMILES string of the molecule is COC(=O)[C@H](CCSC)NC(=O)c1ccc(NCc2c(-c3ccccc3)nc(-c3ccccc3)n2-c2ccccc2)cc1/C=C\C(C)(C)C. The van der Waals surface area contributed by atoms with Crippen LogP contribution >= 0.6 is 11.8 Å². The highest BCUT2D eigenvalue weighted by Gasteiger charge is 2.24. The zero-order valence-electron chi connectivity index (χ0n) is 28.8. The number of hydrogen-bond donors (Lipinski definition) is 2. The number of rotatable bonds is 13. The molecule has 49 heavy (non-hydrogen) atoms. The average Bonchev–Trinajstić information content (AvgIpc) is 3.51. The third-order valence-corrected chi connectivity index (χ3v) is 8.63. The van der Waals surface area contributed by atoms with Crippen molar-refractivity contribution in [2.24, 2.45) is 5.41 Å². The number of para-hydroxylation sites is 1. The second-order valence-electron chi connectivity index (χ2n) is 12.8. The molecule has 0 bridgehead atoms. The Morgan fingerprint density at radius 3 is 2.14 bits per heavy atom. The van der Waals surface area contributed by atoms with Crippen molar-refractivity contribution in [3.8, 4) is 28.3 Å². The zero-order valence-corrected chi connectivity index (χ0v) is 29.6. The van der Waals surface area contributed by atoms with Crippen LogP contribution in [0.5, 0.6) is 0 Å². The summed E-state index contributed by atoms with van der Waals surface area (Å²) in [5, 5.41) is 6.55. The van der Waals surface area contributed by atoms with Crippen LogP contribution in [0.1, 0.15) is 48.8 Å². The van der Waals surface area contributed by atoms with Gasteiger partial charge in [0.2, 0.25) is 0 Å². The van der Waals surface area contributed by atoms with E-state index in [-0.39, 0.29) is 11.3 Å². The third-order valence-electron chi connectivity index (χ3n) is 7.99. The smallest absolute Gasteiger partial charge is 0.328 e. The summed E-state index contributed by atoms with van der Waals surface area (Å²) in [7, 11) is 1.34. The van der Waals surface area contributed by atoms with Gasteiger partial charge in [-0.15, -0.1) is 0 Å². The molecule has 1 aromatic heterocycles. The fraction of sp³-hybridized carbons (Fsp3) is 0.244. The summed E-state index contributed by atoms with van der Waals surface area (Å²) in [5.41, 5.74) is 6.90. The van der Waals surface area contributed by atoms with Crippen molar-refractivity contribution < 1.29 is 14.3 Å². The van der Waals surface area contributed by atoms with Crippen molar-refractivity contribution in [2.45, 2.75) is 39.8 Å². The van der Waals surface area contributed by atoms with E-state index < -0.39 is 12.0 Å². The van der Waals surface area contributed by atoms with Crippen LogP contribution in [0.25, 0.3) is 34.4 Å². The standard InChI is InChI=1S/C41H44N4O3S/c1-41(2,3)25-23-31-27-32(21-22-34(31)39(46)43-35(24-26-49-5)40(47)48-4)42-28-36-37(29-15-9-6-10-16-29)44-38(30-17-11-7-12-18-30)45(36)33-19-13-8-14-20-33/h6-23,25,27,35,42H,24,26,28H2,1-5H3,(H,43,46)/b25-23-/t35-/m0/s1. The van der Waals surface area contributed by atoms with E-state index in [1.807, 2.05) is 85.1 Å². The normalized spacial score (nSPS) is 12.1. The number of anilines is 1. The number of thioether (sulfide) groups is 1. The Morgan fingerprint density at radius 2 is 1.53 bits per heavy atom. The molecule has 0 aliphatic rings. The van der Waals surface area contributed by atoms with Gasteiger partial charge in [0, 0.05) is 28.1 Å². The predicted molar refractivity (Wildman–Crippen MR) is 203 cm³/mol. The van der Waals surface area contributed by atoms with Gasteiger partial charge in [-0.1, -0.05) is 112 Å². The molecule has 0 aliphatic carbocycles. The Hall–Kier alpha value is -5.08. The molecule has 1 heterocycles. The lowest BCUT2D eigenvalue weighted by Crippen LogP contribution is -2.42. The molecule has 1 amide bonds. The number of ether oxygens (including phenoxy) is 1. The summed E-state index contributed by atoms with van der Waals surface area (Å²) >= 11 is 1.61. The quantitative estimate of drug-likeness (QED) is 0.122. The molecule has 5 aromatic rings. The number of aromatic nitrogens is 2. The van der Waals surface area contributed by atoms with Crippen LogP contribution < -0.4 is 10.6 Å². The summed E-state index contributed by atoms with van der Waals surface area (Å²) in [4.78, 5) is 31.3. The summed E-state index contributed by atoms with van der Waals surface area (Å²) in [5.74, 6) is 0.796. The van der Waals surface area contributed by atoms with Crippen molar-refractivity contribution in [3.05, 3.63) is 132 Å². The summed E-state index contributed by atoms with van der Waals surface area (Å²) in [6.07, 6.45) is 6.51. The van der Waals surface area contributed by atoms with Gasteiger partial charge in [0.05, 0.1) is 25.0 Å². The van der Waals surface area contributed by atoms with Crippen LogP contribution in [-0.4, -0.2) is 46.6 Å². The number of hydrogen-bond acceptors (Lipinski definition) is 6. The second-order valence-corrected chi connectivity index (χ2v) is 13.8. The van der Waals surface area contributed by atoms with E-state index in [1.165, 1.54) is 7.11 Å². The van der Waals surface area contributed by atoms with Crippen LogP contribution in [-0.2, 0) is 16.1 Å². The first-order valence-electron chi connectivity index (χ1n) is 16.4. The van der Waals surface area contributed by atoms with E-state index in [2.05, 4.69) is 78.4 Å². The van der Waals surface area contributed by atoms with E-state index in [9.17, 15) is 9.59 Å². The maximum absolute atomic E-state index is 13.6. The first kappa shape index (κ1) is 35.2. The van der Waals surface area contributed by atoms with Gasteiger partial charge in [-0.2, -0.15) is 11.8 Å². The second kappa shape index (κ2) is 16.3. The number of methoxy groups -OCH3 is 1. The van der Waals surface area contributed by atoms with Crippen LogP contribution in [0, 0.1) is 5.41 Å². The lowest BCUT2D eigenvalue weighted by molar-refractivity contribution is -0.142. The van der Waals surface area contributed by atoms with Crippen LogP contribution in [0.4, 0.5) is 5.69 Å². The van der Waals surface area contributed by atoms with Crippen molar-refractivity contribution in [1.29, 1.82) is 0 Å².